The summed E-state index contributed by atoms with van der Waals surface area (Å²) < 4.78 is 63.1. The Morgan fingerprint density at radius 2 is 0.864 bits per heavy atom. The molecule has 0 aromatic carbocycles. The average molecular weight is 681 g/mol. The SMILES string of the molecule is CC(=O)OC(C)[C@@H](CCOP(=O)(O)OCCNC(=O)NCCOP(=O)(O)OCC[C@@H](OC(C)=O)C(C)OC(C)=O)OC(C)=O. The fraction of sp³-hybridized carbons (Fsp3) is 0.783. The normalized spacial score (nSPS) is 16.5. The molecule has 0 saturated heterocycles. The highest BCUT2D eigenvalue weighted by atomic mass is 31.2. The Labute approximate surface area is 254 Å². The van der Waals surface area contributed by atoms with E-state index in [0.717, 1.165) is 13.8 Å². The Bertz CT molecular complexity index is 964. The molecule has 2 amide bonds. The molecule has 0 radical (unpaired) electrons. The van der Waals surface area contributed by atoms with E-state index in [2.05, 4.69) is 10.6 Å². The van der Waals surface area contributed by atoms with Crippen LogP contribution >= 0.6 is 15.6 Å². The summed E-state index contributed by atoms with van der Waals surface area (Å²) in [6, 6.07) is -0.757. The van der Waals surface area contributed by atoms with Gasteiger partial charge in [0.2, 0.25) is 0 Å². The van der Waals surface area contributed by atoms with Crippen LogP contribution in [0, 0.1) is 0 Å². The average Bonchev–Trinajstić information content (AvgIpc) is 2.86. The number of carbonyl (C=O) groups excluding carboxylic acids is 5. The van der Waals surface area contributed by atoms with Crippen molar-refractivity contribution in [1.29, 1.82) is 0 Å². The van der Waals surface area contributed by atoms with Crippen molar-refractivity contribution in [2.75, 3.05) is 39.5 Å². The van der Waals surface area contributed by atoms with Gasteiger partial charge in [-0.25, -0.2) is 13.9 Å². The maximum absolute atomic E-state index is 12.0. The number of rotatable bonds is 22. The van der Waals surface area contributed by atoms with E-state index in [0.29, 0.717) is 0 Å². The third-order valence-corrected chi connectivity index (χ3v) is 7.02. The summed E-state index contributed by atoms with van der Waals surface area (Å²) in [5.41, 5.74) is 0. The fourth-order valence-corrected chi connectivity index (χ4v) is 4.70. The topological polar surface area (TPSA) is 258 Å². The van der Waals surface area contributed by atoms with Gasteiger partial charge < -0.3 is 39.4 Å². The number of carbonyl (C=O) groups is 5. The smallest absolute Gasteiger partial charge is 0.459 e. The van der Waals surface area contributed by atoms with E-state index < -0.39 is 83.2 Å². The van der Waals surface area contributed by atoms with Crippen LogP contribution in [0.5, 0.6) is 0 Å². The molecule has 4 unspecified atom stereocenters. The van der Waals surface area contributed by atoms with Gasteiger partial charge >= 0.3 is 45.6 Å². The lowest BCUT2D eigenvalue weighted by molar-refractivity contribution is -0.164. The van der Waals surface area contributed by atoms with Gasteiger partial charge in [0, 0.05) is 53.6 Å². The summed E-state index contributed by atoms with van der Waals surface area (Å²) in [5, 5.41) is 4.61. The van der Waals surface area contributed by atoms with Gasteiger partial charge in [0.25, 0.3) is 0 Å². The molecule has 0 bridgehead atoms. The first-order chi connectivity index (χ1) is 20.3. The van der Waals surface area contributed by atoms with E-state index in [4.69, 9.17) is 37.0 Å². The van der Waals surface area contributed by atoms with Crippen molar-refractivity contribution in [2.24, 2.45) is 0 Å². The van der Waals surface area contributed by atoms with Gasteiger partial charge in [-0.3, -0.25) is 37.3 Å². The van der Waals surface area contributed by atoms with Gasteiger partial charge in [0.05, 0.1) is 26.4 Å². The van der Waals surface area contributed by atoms with E-state index in [-0.39, 0.29) is 39.1 Å². The maximum atomic E-state index is 12.0. The van der Waals surface area contributed by atoms with E-state index in [1.807, 2.05) is 0 Å². The molecule has 44 heavy (non-hydrogen) atoms. The molecule has 4 N–H and O–H groups in total. The summed E-state index contributed by atoms with van der Waals surface area (Å²) in [5.74, 6) is -2.51. The lowest BCUT2D eigenvalue weighted by Crippen LogP contribution is -2.38. The zero-order valence-electron chi connectivity index (χ0n) is 25.4. The maximum Gasteiger partial charge on any atom is 0.472 e. The van der Waals surface area contributed by atoms with Crippen molar-refractivity contribution in [3.8, 4) is 0 Å². The fourth-order valence-electron chi connectivity index (χ4n) is 3.24. The predicted molar refractivity (Wildman–Crippen MR) is 148 cm³/mol. The quantitative estimate of drug-likeness (QED) is 0.0540. The van der Waals surface area contributed by atoms with Gasteiger partial charge in [0.15, 0.2) is 0 Å². The van der Waals surface area contributed by atoms with E-state index >= 15 is 0 Å². The zero-order chi connectivity index (χ0) is 33.9. The summed E-state index contributed by atoms with van der Waals surface area (Å²) in [4.78, 5) is 76.1. The summed E-state index contributed by atoms with van der Waals surface area (Å²) >= 11 is 0. The van der Waals surface area contributed by atoms with Crippen molar-refractivity contribution in [3.63, 3.8) is 0 Å². The third-order valence-electron chi connectivity index (χ3n) is 4.98. The van der Waals surface area contributed by atoms with Crippen LogP contribution in [0.2, 0.25) is 0 Å². The minimum atomic E-state index is -4.54. The number of urea groups is 1. The van der Waals surface area contributed by atoms with Crippen LogP contribution in [0.1, 0.15) is 54.4 Å². The van der Waals surface area contributed by atoms with Gasteiger partial charge in [-0.2, -0.15) is 0 Å². The van der Waals surface area contributed by atoms with Crippen molar-refractivity contribution >= 4 is 45.6 Å². The molecule has 0 aliphatic rings. The van der Waals surface area contributed by atoms with Crippen LogP contribution < -0.4 is 10.6 Å². The molecular formula is C23H42N2O17P2. The number of phosphoric ester groups is 2. The number of hydrogen-bond donors (Lipinski definition) is 4. The van der Waals surface area contributed by atoms with E-state index in [9.17, 15) is 42.9 Å². The molecule has 0 heterocycles. The summed E-state index contributed by atoms with van der Waals surface area (Å²) in [6.07, 6.45) is -3.70. The molecule has 0 aliphatic heterocycles. The third kappa shape index (κ3) is 22.0. The lowest BCUT2D eigenvalue weighted by Gasteiger charge is -2.23. The van der Waals surface area contributed by atoms with Crippen LogP contribution in [-0.4, -0.2) is 104 Å². The first-order valence-corrected chi connectivity index (χ1v) is 16.3. The highest BCUT2D eigenvalue weighted by molar-refractivity contribution is 7.47. The Morgan fingerprint density at radius 3 is 1.16 bits per heavy atom. The number of nitrogens with one attached hydrogen (secondary N) is 2. The molecule has 0 aliphatic carbocycles. The molecule has 21 heteroatoms. The Hall–Kier alpha value is -2.63. The highest BCUT2D eigenvalue weighted by Gasteiger charge is 2.28. The molecule has 0 aromatic heterocycles. The Balaban J connectivity index is 4.31. The second-order valence-electron chi connectivity index (χ2n) is 8.95. The number of esters is 4. The molecule has 0 aromatic rings. The van der Waals surface area contributed by atoms with Gasteiger partial charge in [-0.15, -0.1) is 0 Å². The van der Waals surface area contributed by atoms with Crippen molar-refractivity contribution < 1.29 is 79.9 Å². The van der Waals surface area contributed by atoms with Crippen LogP contribution in [0.15, 0.2) is 0 Å². The molecule has 0 rings (SSSR count). The number of ether oxygens (including phenoxy) is 4. The monoisotopic (exact) mass is 680 g/mol. The van der Waals surface area contributed by atoms with Crippen LogP contribution in [-0.2, 0) is 65.4 Å². The molecule has 6 atom stereocenters. The lowest BCUT2D eigenvalue weighted by atomic mass is 10.1. The van der Waals surface area contributed by atoms with Gasteiger partial charge in [-0.05, 0) is 13.8 Å². The summed E-state index contributed by atoms with van der Waals surface area (Å²) in [6.45, 7) is 5.51. The predicted octanol–water partition coefficient (Wildman–Crippen LogP) is 1.10. The minimum Gasteiger partial charge on any atom is -0.459 e. The van der Waals surface area contributed by atoms with Crippen LogP contribution in [0.25, 0.3) is 0 Å². The van der Waals surface area contributed by atoms with Crippen molar-refractivity contribution in [2.45, 2.75) is 78.8 Å². The summed E-state index contributed by atoms with van der Waals surface area (Å²) in [7, 11) is -9.08. The highest BCUT2D eigenvalue weighted by Crippen LogP contribution is 2.43. The zero-order valence-corrected chi connectivity index (χ0v) is 27.2. The molecule has 0 spiro atoms. The second-order valence-corrected chi connectivity index (χ2v) is 11.9. The van der Waals surface area contributed by atoms with E-state index in [1.54, 1.807) is 0 Å². The number of phosphoric acid groups is 2. The van der Waals surface area contributed by atoms with Gasteiger partial charge in [-0.1, -0.05) is 0 Å². The standard InChI is InChI=1S/C23H42N2O17P2/c1-15(39-17(3)26)21(41-19(5)28)7-11-35-43(31,32)37-13-9-24-23(30)25-10-14-38-44(33,34)36-12-8-22(42-20(6)29)16(2)40-18(4)27/h15-16,21-22H,7-14H2,1-6H3,(H,31,32)(H,33,34)(H2,24,25,30)/t15?,16?,21-,22-/m1/s1. The second kappa shape index (κ2) is 21.2. The molecule has 0 fully saturated rings. The van der Waals surface area contributed by atoms with Crippen LogP contribution in [0.4, 0.5) is 4.79 Å². The molecule has 19 nitrogen and oxygen atoms in total. The van der Waals surface area contributed by atoms with E-state index in [1.165, 1.54) is 27.7 Å². The number of amides is 2. The largest absolute Gasteiger partial charge is 0.472 e. The number of hydrogen-bond acceptors (Lipinski definition) is 15. The van der Waals surface area contributed by atoms with Gasteiger partial charge in [0.1, 0.15) is 24.4 Å². The molecule has 256 valence electrons. The van der Waals surface area contributed by atoms with Crippen molar-refractivity contribution in [3.05, 3.63) is 0 Å². The Kier molecular flexibility index (Phi) is 19.9. The molecular weight excluding hydrogens is 638 g/mol. The van der Waals surface area contributed by atoms with Crippen LogP contribution in [0.3, 0.4) is 0 Å². The minimum absolute atomic E-state index is 0.0828. The first kappa shape index (κ1) is 41.4. The first-order valence-electron chi connectivity index (χ1n) is 13.3. The Morgan fingerprint density at radius 1 is 0.568 bits per heavy atom. The molecule has 0 saturated carbocycles. The van der Waals surface area contributed by atoms with Crippen molar-refractivity contribution in [1.82, 2.24) is 10.6 Å².